The molecular formula is C21H24N4O. The number of hydrogen-bond acceptors (Lipinski definition) is 5. The number of nitrogens with zero attached hydrogens (tertiary/aromatic N) is 4. The van der Waals surface area contributed by atoms with Gasteiger partial charge in [0.1, 0.15) is 0 Å². The predicted octanol–water partition coefficient (Wildman–Crippen LogP) is 3.70. The molecule has 0 aliphatic carbocycles. The Labute approximate surface area is 154 Å². The quantitative estimate of drug-likeness (QED) is 0.652. The smallest absolute Gasteiger partial charge is 0.217 e. The van der Waals surface area contributed by atoms with Gasteiger partial charge in [0.15, 0.2) is 0 Å². The maximum Gasteiger partial charge on any atom is 0.217 e. The zero-order valence-electron chi connectivity index (χ0n) is 15.5. The SMILES string of the molecule is COc1ncccc1CN(Cc1cccc(C)n1)Cc1cccc(C)n1. The first kappa shape index (κ1) is 18.0. The van der Waals surface area contributed by atoms with E-state index in [1.165, 1.54) is 0 Å². The molecule has 0 bridgehead atoms. The molecule has 0 spiro atoms. The summed E-state index contributed by atoms with van der Waals surface area (Å²) in [6.45, 7) is 6.20. The van der Waals surface area contributed by atoms with E-state index in [2.05, 4.69) is 32.0 Å². The van der Waals surface area contributed by atoms with Gasteiger partial charge in [-0.3, -0.25) is 14.9 Å². The highest BCUT2D eigenvalue weighted by molar-refractivity contribution is 5.25. The summed E-state index contributed by atoms with van der Waals surface area (Å²) in [5.41, 5.74) is 5.18. The first-order chi connectivity index (χ1) is 12.6. The van der Waals surface area contributed by atoms with Crippen molar-refractivity contribution in [2.45, 2.75) is 33.5 Å². The maximum absolute atomic E-state index is 5.42. The Morgan fingerprint density at radius 2 is 1.42 bits per heavy atom. The van der Waals surface area contributed by atoms with Crippen molar-refractivity contribution < 1.29 is 4.74 Å². The number of ether oxygens (including phenoxy) is 1. The van der Waals surface area contributed by atoms with Gasteiger partial charge in [-0.05, 0) is 44.2 Å². The normalized spacial score (nSPS) is 10.9. The van der Waals surface area contributed by atoms with E-state index in [0.717, 1.165) is 41.4 Å². The monoisotopic (exact) mass is 348 g/mol. The van der Waals surface area contributed by atoms with Crippen LogP contribution in [0.1, 0.15) is 28.3 Å². The Morgan fingerprint density at radius 1 is 0.808 bits per heavy atom. The summed E-state index contributed by atoms with van der Waals surface area (Å²) in [4.78, 5) is 15.9. The summed E-state index contributed by atoms with van der Waals surface area (Å²) in [6.07, 6.45) is 1.75. The summed E-state index contributed by atoms with van der Waals surface area (Å²) < 4.78 is 5.42. The molecule has 5 heteroatoms. The number of aromatic nitrogens is 3. The topological polar surface area (TPSA) is 51.1 Å². The van der Waals surface area contributed by atoms with Crippen molar-refractivity contribution >= 4 is 0 Å². The molecule has 0 atom stereocenters. The number of hydrogen-bond donors (Lipinski definition) is 0. The molecule has 134 valence electrons. The van der Waals surface area contributed by atoms with Gasteiger partial charge in [0, 0.05) is 42.8 Å². The molecule has 0 aliphatic heterocycles. The molecule has 0 aliphatic rings. The fraction of sp³-hybridized carbons (Fsp3) is 0.286. The summed E-state index contributed by atoms with van der Waals surface area (Å²) >= 11 is 0. The fourth-order valence-corrected chi connectivity index (χ4v) is 2.97. The van der Waals surface area contributed by atoms with Crippen molar-refractivity contribution in [2.24, 2.45) is 0 Å². The summed E-state index contributed by atoms with van der Waals surface area (Å²) in [6, 6.07) is 16.2. The largest absolute Gasteiger partial charge is 0.481 e. The van der Waals surface area contributed by atoms with Crippen LogP contribution in [0.2, 0.25) is 0 Å². The average Bonchev–Trinajstić information content (AvgIpc) is 2.62. The van der Waals surface area contributed by atoms with Crippen LogP contribution in [0.3, 0.4) is 0 Å². The molecule has 3 heterocycles. The third kappa shape index (κ3) is 4.86. The molecule has 3 aromatic rings. The van der Waals surface area contributed by atoms with Gasteiger partial charge < -0.3 is 4.74 Å². The highest BCUT2D eigenvalue weighted by atomic mass is 16.5. The van der Waals surface area contributed by atoms with E-state index in [9.17, 15) is 0 Å². The van der Waals surface area contributed by atoms with Crippen molar-refractivity contribution in [3.05, 3.63) is 83.1 Å². The van der Waals surface area contributed by atoms with Crippen LogP contribution in [0.15, 0.2) is 54.7 Å². The lowest BCUT2D eigenvalue weighted by atomic mass is 10.2. The van der Waals surface area contributed by atoms with E-state index in [-0.39, 0.29) is 0 Å². The van der Waals surface area contributed by atoms with Gasteiger partial charge in [-0.15, -0.1) is 0 Å². The molecule has 0 N–H and O–H groups in total. The van der Waals surface area contributed by atoms with Crippen LogP contribution in [0.25, 0.3) is 0 Å². The summed E-state index contributed by atoms with van der Waals surface area (Å²) in [5, 5.41) is 0. The lowest BCUT2D eigenvalue weighted by molar-refractivity contribution is 0.236. The van der Waals surface area contributed by atoms with Crippen LogP contribution in [0.5, 0.6) is 5.88 Å². The molecule has 0 saturated heterocycles. The van der Waals surface area contributed by atoms with Gasteiger partial charge in [-0.2, -0.15) is 0 Å². The fourth-order valence-electron chi connectivity index (χ4n) is 2.97. The minimum atomic E-state index is 0.659. The zero-order valence-corrected chi connectivity index (χ0v) is 15.5. The summed E-state index contributed by atoms with van der Waals surface area (Å²) in [5.74, 6) is 0.659. The molecule has 0 aromatic carbocycles. The van der Waals surface area contributed by atoms with Crippen LogP contribution in [-0.4, -0.2) is 27.0 Å². The van der Waals surface area contributed by atoms with E-state index in [4.69, 9.17) is 4.74 Å². The van der Waals surface area contributed by atoms with E-state index >= 15 is 0 Å². The molecule has 0 radical (unpaired) electrons. The van der Waals surface area contributed by atoms with E-state index < -0.39 is 0 Å². The van der Waals surface area contributed by atoms with Gasteiger partial charge in [0.2, 0.25) is 5.88 Å². The lowest BCUT2D eigenvalue weighted by Crippen LogP contribution is -2.24. The van der Waals surface area contributed by atoms with Gasteiger partial charge >= 0.3 is 0 Å². The van der Waals surface area contributed by atoms with Crippen molar-refractivity contribution in [3.63, 3.8) is 0 Å². The molecule has 5 nitrogen and oxygen atoms in total. The number of aryl methyl sites for hydroxylation is 2. The number of methoxy groups -OCH3 is 1. The lowest BCUT2D eigenvalue weighted by Gasteiger charge is -2.22. The van der Waals surface area contributed by atoms with Crippen molar-refractivity contribution in [1.29, 1.82) is 0 Å². The van der Waals surface area contributed by atoms with E-state index in [0.29, 0.717) is 12.4 Å². The van der Waals surface area contributed by atoms with Gasteiger partial charge in [0.05, 0.1) is 18.5 Å². The first-order valence-corrected chi connectivity index (χ1v) is 8.69. The van der Waals surface area contributed by atoms with Crippen molar-refractivity contribution in [1.82, 2.24) is 19.9 Å². The van der Waals surface area contributed by atoms with Gasteiger partial charge in [-0.1, -0.05) is 18.2 Å². The zero-order chi connectivity index (χ0) is 18.4. The molecule has 0 fully saturated rings. The Bertz CT molecular complexity index is 818. The first-order valence-electron chi connectivity index (χ1n) is 8.69. The Balaban J connectivity index is 1.85. The van der Waals surface area contributed by atoms with Crippen LogP contribution < -0.4 is 4.74 Å². The van der Waals surface area contributed by atoms with Crippen molar-refractivity contribution in [2.75, 3.05) is 7.11 Å². The minimum Gasteiger partial charge on any atom is -0.481 e. The Hall–Kier alpha value is -2.79. The second-order valence-corrected chi connectivity index (χ2v) is 6.36. The van der Waals surface area contributed by atoms with E-state index in [1.54, 1.807) is 13.3 Å². The van der Waals surface area contributed by atoms with Crippen LogP contribution in [0, 0.1) is 13.8 Å². The van der Waals surface area contributed by atoms with Crippen LogP contribution in [-0.2, 0) is 19.6 Å². The highest BCUT2D eigenvalue weighted by Crippen LogP contribution is 2.19. The molecule has 26 heavy (non-hydrogen) atoms. The average molecular weight is 348 g/mol. The maximum atomic E-state index is 5.42. The second kappa shape index (κ2) is 8.54. The van der Waals surface area contributed by atoms with E-state index in [1.807, 2.05) is 50.2 Å². The molecule has 3 aromatic heterocycles. The van der Waals surface area contributed by atoms with Crippen molar-refractivity contribution in [3.8, 4) is 5.88 Å². The predicted molar refractivity (Wildman–Crippen MR) is 102 cm³/mol. The standard InChI is InChI=1S/C21H24N4O/c1-16-7-4-10-19(23-16)14-25(15-20-11-5-8-17(2)24-20)13-18-9-6-12-22-21(18)26-3/h4-12H,13-15H2,1-3H3. The molecule has 3 rings (SSSR count). The third-order valence-corrected chi connectivity index (χ3v) is 4.10. The number of pyridine rings is 3. The molecular weight excluding hydrogens is 324 g/mol. The van der Waals surface area contributed by atoms with Crippen LogP contribution >= 0.6 is 0 Å². The summed E-state index contributed by atoms with van der Waals surface area (Å²) in [7, 11) is 1.65. The molecule has 0 saturated carbocycles. The molecule has 0 unspecified atom stereocenters. The minimum absolute atomic E-state index is 0.659. The third-order valence-electron chi connectivity index (χ3n) is 4.10. The van der Waals surface area contributed by atoms with Gasteiger partial charge in [0.25, 0.3) is 0 Å². The second-order valence-electron chi connectivity index (χ2n) is 6.36. The Kier molecular flexibility index (Phi) is 5.92. The van der Waals surface area contributed by atoms with Crippen LogP contribution in [0.4, 0.5) is 0 Å². The Morgan fingerprint density at radius 3 is 1.96 bits per heavy atom. The van der Waals surface area contributed by atoms with Gasteiger partial charge in [-0.25, -0.2) is 4.98 Å². The highest BCUT2D eigenvalue weighted by Gasteiger charge is 2.13. The molecule has 0 amide bonds. The number of rotatable bonds is 7.